The van der Waals surface area contributed by atoms with Crippen molar-refractivity contribution in [2.24, 2.45) is 0 Å². The second kappa shape index (κ2) is 7.37. The lowest BCUT2D eigenvalue weighted by Gasteiger charge is -2.08. The van der Waals surface area contributed by atoms with Crippen LogP contribution in [0.15, 0.2) is 86.7 Å². The highest BCUT2D eigenvalue weighted by atomic mass is 79.9. The van der Waals surface area contributed by atoms with Gasteiger partial charge in [0.25, 0.3) is 0 Å². The van der Waals surface area contributed by atoms with Crippen molar-refractivity contribution in [1.82, 2.24) is 0 Å². The molecule has 0 N–H and O–H groups in total. The fourth-order valence-electron chi connectivity index (χ4n) is 2.77. The molecule has 0 bridgehead atoms. The van der Waals surface area contributed by atoms with Gasteiger partial charge in [-0.1, -0.05) is 40.2 Å². The first-order valence-electron chi connectivity index (χ1n) is 8.29. The summed E-state index contributed by atoms with van der Waals surface area (Å²) in [6.07, 6.45) is 1.47. The molecule has 0 amide bonds. The molecule has 1 heterocycles. The number of rotatable bonds is 4. The van der Waals surface area contributed by atoms with Crippen LogP contribution in [0.2, 0.25) is 0 Å². The normalized spacial score (nSPS) is 10.9. The van der Waals surface area contributed by atoms with Crippen LogP contribution in [0.3, 0.4) is 0 Å². The number of halogens is 2. The molecule has 134 valence electrons. The Bertz CT molecular complexity index is 1150. The molecule has 0 spiro atoms. The van der Waals surface area contributed by atoms with Crippen molar-refractivity contribution in [2.45, 2.75) is 6.61 Å². The Balaban J connectivity index is 1.61. The molecule has 0 saturated carbocycles. The second-order valence-corrected chi connectivity index (χ2v) is 6.97. The molecule has 4 aromatic rings. The summed E-state index contributed by atoms with van der Waals surface area (Å²) in [7, 11) is 0. The minimum absolute atomic E-state index is 0.0938. The first-order valence-corrected chi connectivity index (χ1v) is 9.08. The zero-order chi connectivity index (χ0) is 18.8. The highest BCUT2D eigenvalue weighted by Crippen LogP contribution is 2.24. The molecule has 4 rings (SSSR count). The molecule has 0 aliphatic rings. The van der Waals surface area contributed by atoms with Gasteiger partial charge in [0.05, 0.1) is 10.9 Å². The molecule has 0 saturated heterocycles. The van der Waals surface area contributed by atoms with E-state index in [-0.39, 0.29) is 11.2 Å². The lowest BCUT2D eigenvalue weighted by atomic mass is 10.1. The van der Waals surface area contributed by atoms with Gasteiger partial charge in [0.15, 0.2) is 5.43 Å². The number of fused-ring (bicyclic) bond motifs is 1. The molecule has 5 heteroatoms. The predicted molar refractivity (Wildman–Crippen MR) is 106 cm³/mol. The van der Waals surface area contributed by atoms with Gasteiger partial charge < -0.3 is 9.15 Å². The van der Waals surface area contributed by atoms with Crippen LogP contribution in [0.1, 0.15) is 5.56 Å². The molecule has 3 aromatic carbocycles. The third kappa shape index (κ3) is 3.78. The molecule has 0 atom stereocenters. The topological polar surface area (TPSA) is 39.4 Å². The second-order valence-electron chi connectivity index (χ2n) is 6.06. The first kappa shape index (κ1) is 17.5. The molecule has 0 aliphatic carbocycles. The minimum Gasteiger partial charge on any atom is -0.489 e. The van der Waals surface area contributed by atoms with Gasteiger partial charge in [-0.15, -0.1) is 0 Å². The van der Waals surface area contributed by atoms with Gasteiger partial charge in [-0.05, 0) is 47.5 Å². The molecule has 0 fully saturated rings. The van der Waals surface area contributed by atoms with Crippen LogP contribution in [0.25, 0.3) is 22.1 Å². The maximum Gasteiger partial charge on any atom is 0.200 e. The van der Waals surface area contributed by atoms with Crippen molar-refractivity contribution in [3.63, 3.8) is 0 Å². The summed E-state index contributed by atoms with van der Waals surface area (Å²) >= 11 is 3.39. The molecular formula is C22H14BrFO3. The summed E-state index contributed by atoms with van der Waals surface area (Å²) in [6.45, 7) is 0.299. The summed E-state index contributed by atoms with van der Waals surface area (Å²) in [6, 6.07) is 18.7. The Morgan fingerprint density at radius 2 is 1.70 bits per heavy atom. The molecule has 0 radical (unpaired) electrons. The number of hydrogen-bond donors (Lipinski definition) is 0. The van der Waals surface area contributed by atoms with E-state index in [0.29, 0.717) is 28.9 Å². The van der Waals surface area contributed by atoms with Gasteiger partial charge in [0, 0.05) is 10.5 Å². The first-order chi connectivity index (χ1) is 13.1. The van der Waals surface area contributed by atoms with Crippen molar-refractivity contribution < 1.29 is 13.5 Å². The largest absolute Gasteiger partial charge is 0.489 e. The number of benzene rings is 3. The van der Waals surface area contributed by atoms with Crippen LogP contribution < -0.4 is 10.2 Å². The van der Waals surface area contributed by atoms with E-state index in [4.69, 9.17) is 9.15 Å². The standard InChI is InChI=1S/C22H14BrFO3/c23-16-5-3-15(4-6-16)20-13-27-21-11-18(9-10-19(21)22(20)25)26-12-14-1-7-17(24)8-2-14/h1-11,13H,12H2. The van der Waals surface area contributed by atoms with Crippen LogP contribution in [-0.4, -0.2) is 0 Å². The molecule has 0 unspecified atom stereocenters. The van der Waals surface area contributed by atoms with E-state index in [1.807, 2.05) is 24.3 Å². The van der Waals surface area contributed by atoms with Crippen molar-refractivity contribution in [1.29, 1.82) is 0 Å². The van der Waals surface area contributed by atoms with Crippen molar-refractivity contribution in [3.8, 4) is 16.9 Å². The molecule has 3 nitrogen and oxygen atoms in total. The van der Waals surface area contributed by atoms with Gasteiger partial charge in [0.2, 0.25) is 0 Å². The third-order valence-electron chi connectivity index (χ3n) is 4.22. The fraction of sp³-hybridized carbons (Fsp3) is 0.0455. The van der Waals surface area contributed by atoms with E-state index in [1.165, 1.54) is 18.4 Å². The third-order valence-corrected chi connectivity index (χ3v) is 4.75. The Morgan fingerprint density at radius 1 is 0.963 bits per heavy atom. The Morgan fingerprint density at radius 3 is 2.44 bits per heavy atom. The monoisotopic (exact) mass is 424 g/mol. The van der Waals surface area contributed by atoms with Crippen LogP contribution >= 0.6 is 15.9 Å². The van der Waals surface area contributed by atoms with Crippen LogP contribution in [0.5, 0.6) is 5.75 Å². The van der Waals surface area contributed by atoms with Crippen molar-refractivity contribution in [3.05, 3.63) is 99.1 Å². The van der Waals surface area contributed by atoms with Crippen LogP contribution in [0.4, 0.5) is 4.39 Å². The van der Waals surface area contributed by atoms with Crippen molar-refractivity contribution >= 4 is 26.9 Å². The average molecular weight is 425 g/mol. The Kier molecular flexibility index (Phi) is 4.77. The zero-order valence-corrected chi connectivity index (χ0v) is 15.7. The van der Waals surface area contributed by atoms with E-state index in [1.54, 1.807) is 30.3 Å². The maximum absolute atomic E-state index is 13.0. The van der Waals surface area contributed by atoms with E-state index in [9.17, 15) is 9.18 Å². The average Bonchev–Trinajstić information content (AvgIpc) is 2.69. The van der Waals surface area contributed by atoms with E-state index < -0.39 is 0 Å². The maximum atomic E-state index is 13.0. The summed E-state index contributed by atoms with van der Waals surface area (Å²) in [5.74, 6) is 0.291. The quantitative estimate of drug-likeness (QED) is 0.406. The smallest absolute Gasteiger partial charge is 0.200 e. The fourth-order valence-corrected chi connectivity index (χ4v) is 3.04. The minimum atomic E-state index is -0.284. The summed E-state index contributed by atoms with van der Waals surface area (Å²) in [4.78, 5) is 12.8. The SMILES string of the molecule is O=c1c(-c2ccc(Br)cc2)coc2cc(OCc3ccc(F)cc3)ccc12. The lowest BCUT2D eigenvalue weighted by Crippen LogP contribution is -2.05. The molecule has 27 heavy (non-hydrogen) atoms. The summed E-state index contributed by atoms with van der Waals surface area (Å²) in [5.41, 5.74) is 2.52. The highest BCUT2D eigenvalue weighted by Gasteiger charge is 2.10. The highest BCUT2D eigenvalue weighted by molar-refractivity contribution is 9.10. The number of ether oxygens (including phenoxy) is 1. The predicted octanol–water partition coefficient (Wildman–Crippen LogP) is 5.94. The van der Waals surface area contributed by atoms with Crippen LogP contribution in [0, 0.1) is 5.82 Å². The van der Waals surface area contributed by atoms with E-state index >= 15 is 0 Å². The van der Waals surface area contributed by atoms with Gasteiger partial charge in [-0.2, -0.15) is 0 Å². The van der Waals surface area contributed by atoms with Crippen LogP contribution in [-0.2, 0) is 6.61 Å². The van der Waals surface area contributed by atoms with Gasteiger partial charge in [0.1, 0.15) is 30.0 Å². The van der Waals surface area contributed by atoms with E-state index in [0.717, 1.165) is 15.6 Å². The van der Waals surface area contributed by atoms with Gasteiger partial charge in [-0.3, -0.25) is 4.79 Å². The summed E-state index contributed by atoms with van der Waals surface area (Å²) in [5, 5.41) is 0.490. The molecule has 0 aliphatic heterocycles. The van der Waals surface area contributed by atoms with Gasteiger partial charge in [-0.25, -0.2) is 4.39 Å². The number of hydrogen-bond acceptors (Lipinski definition) is 3. The Hall–Kier alpha value is -2.92. The van der Waals surface area contributed by atoms with E-state index in [2.05, 4.69) is 15.9 Å². The van der Waals surface area contributed by atoms with Gasteiger partial charge >= 0.3 is 0 Å². The molecular weight excluding hydrogens is 411 g/mol. The Labute approximate surface area is 163 Å². The zero-order valence-electron chi connectivity index (χ0n) is 14.1. The molecule has 1 aromatic heterocycles. The lowest BCUT2D eigenvalue weighted by molar-refractivity contribution is 0.306. The van der Waals surface area contributed by atoms with Crippen molar-refractivity contribution in [2.75, 3.05) is 0 Å². The summed E-state index contributed by atoms with van der Waals surface area (Å²) < 4.78 is 25.3.